The van der Waals surface area contributed by atoms with Crippen LogP contribution in [0.1, 0.15) is 61.2 Å². The molecular formula is C43H45N5O6. The van der Waals surface area contributed by atoms with Crippen LogP contribution in [0.2, 0.25) is 0 Å². The lowest BCUT2D eigenvalue weighted by molar-refractivity contribution is -0.146. The molecule has 54 heavy (non-hydrogen) atoms. The van der Waals surface area contributed by atoms with Crippen LogP contribution in [-0.2, 0) is 38.4 Å². The summed E-state index contributed by atoms with van der Waals surface area (Å²) in [5, 5.41) is 19.7. The molecule has 0 bridgehead atoms. The average Bonchev–Trinajstić information content (AvgIpc) is 3.97. The van der Waals surface area contributed by atoms with Gasteiger partial charge in [0.05, 0.1) is 38.2 Å². The highest BCUT2D eigenvalue weighted by Crippen LogP contribution is 2.60. The monoisotopic (exact) mass is 727 g/mol. The molecule has 5 aromatic rings. The lowest BCUT2D eigenvalue weighted by Crippen LogP contribution is -2.45. The predicted octanol–water partition coefficient (Wildman–Crippen LogP) is 6.79. The molecule has 0 unspecified atom stereocenters. The molecular weight excluding hydrogens is 683 g/mol. The molecule has 3 aliphatic rings. The molecule has 1 spiro atoms. The van der Waals surface area contributed by atoms with Gasteiger partial charge in [0, 0.05) is 29.6 Å². The number of hydrogen-bond donors (Lipinski definition) is 1. The summed E-state index contributed by atoms with van der Waals surface area (Å²) < 4.78 is 19.6. The quantitative estimate of drug-likeness (QED) is 0.158. The number of hydrogen-bond acceptors (Lipinski definition) is 8. The van der Waals surface area contributed by atoms with Gasteiger partial charge in [-0.2, -0.15) is 0 Å². The van der Waals surface area contributed by atoms with Crippen molar-refractivity contribution < 1.29 is 28.9 Å². The fourth-order valence-corrected chi connectivity index (χ4v) is 8.90. The summed E-state index contributed by atoms with van der Waals surface area (Å²) in [6.45, 7) is 8.33. The number of nitrogens with zero attached hydrogens (tertiary/aromatic N) is 5. The molecule has 1 N–H and O–H groups in total. The third-order valence-corrected chi connectivity index (χ3v) is 11.7. The van der Waals surface area contributed by atoms with Crippen LogP contribution in [0.3, 0.4) is 0 Å². The van der Waals surface area contributed by atoms with Crippen LogP contribution in [-0.4, -0.2) is 58.5 Å². The number of benzene rings is 4. The van der Waals surface area contributed by atoms with Gasteiger partial charge >= 0.3 is 6.09 Å². The first-order chi connectivity index (χ1) is 26.1. The average molecular weight is 728 g/mol. The summed E-state index contributed by atoms with van der Waals surface area (Å²) >= 11 is 0. The van der Waals surface area contributed by atoms with E-state index >= 15 is 4.79 Å². The summed E-state index contributed by atoms with van der Waals surface area (Å²) in [6.07, 6.45) is 0.776. The van der Waals surface area contributed by atoms with Gasteiger partial charge in [-0.25, -0.2) is 4.79 Å². The zero-order valence-electron chi connectivity index (χ0n) is 31.0. The number of rotatable bonds is 11. The molecule has 11 heteroatoms. The lowest BCUT2D eigenvalue weighted by atomic mass is 9.63. The highest BCUT2D eigenvalue weighted by Gasteiger charge is 2.65. The number of methoxy groups -OCH3 is 1. The van der Waals surface area contributed by atoms with Crippen LogP contribution in [0, 0.1) is 11.8 Å². The first-order valence-corrected chi connectivity index (χ1v) is 18.5. The van der Waals surface area contributed by atoms with E-state index in [2.05, 4.69) is 43.2 Å². The van der Waals surface area contributed by atoms with E-state index in [0.29, 0.717) is 38.4 Å². The summed E-state index contributed by atoms with van der Waals surface area (Å²) in [4.78, 5) is 30.7. The smallest absolute Gasteiger partial charge is 0.414 e. The normalized spacial score (nSPS) is 22.9. The number of anilines is 2. The van der Waals surface area contributed by atoms with E-state index in [9.17, 15) is 9.90 Å². The highest BCUT2D eigenvalue weighted by molar-refractivity contribution is 6.07. The maximum absolute atomic E-state index is 15.1. The molecule has 0 aliphatic carbocycles. The van der Waals surface area contributed by atoms with Crippen molar-refractivity contribution in [1.29, 1.82) is 0 Å². The number of cyclic esters (lactones) is 1. The molecule has 11 nitrogen and oxygen atoms in total. The number of ether oxygens (including phenoxy) is 3. The highest BCUT2D eigenvalue weighted by atomic mass is 16.6. The van der Waals surface area contributed by atoms with Gasteiger partial charge < -0.3 is 24.2 Å². The lowest BCUT2D eigenvalue weighted by Gasteiger charge is -2.38. The van der Waals surface area contributed by atoms with Crippen LogP contribution in [0.4, 0.5) is 16.2 Å². The Bertz CT molecular complexity index is 2140. The van der Waals surface area contributed by atoms with Crippen LogP contribution in [0.15, 0.2) is 109 Å². The van der Waals surface area contributed by atoms with Crippen molar-refractivity contribution in [2.45, 2.75) is 63.5 Å². The number of aliphatic hydroxyl groups excluding tert-OH is 1. The minimum absolute atomic E-state index is 0.0831. The second kappa shape index (κ2) is 14.0. The van der Waals surface area contributed by atoms with Crippen molar-refractivity contribution in [1.82, 2.24) is 15.0 Å². The van der Waals surface area contributed by atoms with Crippen molar-refractivity contribution >= 4 is 23.4 Å². The van der Waals surface area contributed by atoms with Gasteiger partial charge in [0.15, 0.2) is 5.60 Å². The minimum Gasteiger partial charge on any atom is -0.497 e. The van der Waals surface area contributed by atoms with E-state index in [0.717, 1.165) is 39.4 Å². The first-order valence-electron chi connectivity index (χ1n) is 18.5. The fourth-order valence-electron chi connectivity index (χ4n) is 8.90. The van der Waals surface area contributed by atoms with Gasteiger partial charge in [-0.05, 0) is 58.9 Å². The summed E-state index contributed by atoms with van der Waals surface area (Å²) in [6, 6.07) is 33.2. The van der Waals surface area contributed by atoms with Crippen molar-refractivity contribution in [3.8, 4) is 5.75 Å². The van der Waals surface area contributed by atoms with Crippen molar-refractivity contribution in [2.24, 2.45) is 11.8 Å². The van der Waals surface area contributed by atoms with E-state index < -0.39 is 17.1 Å². The molecule has 8 rings (SSSR count). The van der Waals surface area contributed by atoms with Gasteiger partial charge in [0.2, 0.25) is 0 Å². The Labute approximate surface area is 315 Å². The second-order valence-electron chi connectivity index (χ2n) is 15.0. The van der Waals surface area contributed by atoms with Crippen LogP contribution >= 0.6 is 0 Å². The van der Waals surface area contributed by atoms with Crippen molar-refractivity contribution in [3.05, 3.63) is 137 Å². The van der Waals surface area contributed by atoms with Crippen LogP contribution in [0.5, 0.6) is 5.75 Å². The number of carbonyl (C=O) groups excluding carboxylic acids is 2. The Kier molecular flexibility index (Phi) is 9.23. The number of fused-ring (bicyclic) bond motifs is 2. The van der Waals surface area contributed by atoms with Gasteiger partial charge in [-0.15, -0.1) is 5.10 Å². The molecule has 5 atom stereocenters. The maximum atomic E-state index is 15.1. The largest absolute Gasteiger partial charge is 0.497 e. The molecule has 2 saturated heterocycles. The second-order valence-corrected chi connectivity index (χ2v) is 15.0. The number of para-hydroxylation sites is 1. The minimum atomic E-state index is -1.22. The number of aryl methyl sites for hydroxylation is 1. The Morgan fingerprint density at radius 2 is 1.69 bits per heavy atom. The first kappa shape index (κ1) is 35.5. The Morgan fingerprint density at radius 3 is 2.39 bits per heavy atom. The fraction of sp³-hybridized carbons (Fsp3) is 0.349. The van der Waals surface area contributed by atoms with Crippen LogP contribution in [0.25, 0.3) is 0 Å². The molecule has 4 aromatic carbocycles. The Hall–Kier alpha value is -5.52. The zero-order chi connectivity index (χ0) is 37.6. The topological polar surface area (TPSA) is 119 Å². The molecule has 278 valence electrons. The number of aromatic nitrogens is 3. The maximum Gasteiger partial charge on any atom is 0.414 e. The van der Waals surface area contributed by atoms with E-state index in [1.54, 1.807) is 22.9 Å². The van der Waals surface area contributed by atoms with E-state index in [4.69, 9.17) is 14.2 Å². The number of aliphatic hydroxyl groups is 1. The SMILES string of the molecule is COc1ccc(C(C)(C)[C@H]2[C@H](CCn3cc([C@H](O)c4ccccc4)nn3)O[C@@]3(C(=O)N(Cc4ccc(N5CCOC5=O)cc4)c4ccccc43)[C@@H]2C)cc1. The molecule has 2 amide bonds. The summed E-state index contributed by atoms with van der Waals surface area (Å²) in [7, 11) is 1.66. The number of carbonyl (C=O) groups is 2. The van der Waals surface area contributed by atoms with Gasteiger partial charge in [-0.1, -0.05) is 98.8 Å². The zero-order valence-corrected chi connectivity index (χ0v) is 31.0. The Balaban J connectivity index is 1.11. The van der Waals surface area contributed by atoms with Crippen molar-refractivity contribution in [2.75, 3.05) is 30.1 Å². The summed E-state index contributed by atoms with van der Waals surface area (Å²) in [5.41, 5.74) is 4.11. The third-order valence-electron chi connectivity index (χ3n) is 11.7. The summed E-state index contributed by atoms with van der Waals surface area (Å²) in [5.74, 6) is 0.394. The molecule has 3 aliphatic heterocycles. The molecule has 0 radical (unpaired) electrons. The number of amides is 2. The van der Waals surface area contributed by atoms with E-state index in [-0.39, 0.29) is 29.9 Å². The van der Waals surface area contributed by atoms with E-state index in [1.807, 2.05) is 95.9 Å². The molecule has 4 heterocycles. The van der Waals surface area contributed by atoms with Gasteiger partial charge in [0.1, 0.15) is 24.2 Å². The molecule has 2 fully saturated rings. The Morgan fingerprint density at radius 1 is 0.963 bits per heavy atom. The molecule has 0 saturated carbocycles. The van der Waals surface area contributed by atoms with E-state index in [1.165, 1.54) is 0 Å². The molecule has 1 aromatic heterocycles. The van der Waals surface area contributed by atoms with Gasteiger partial charge in [-0.3, -0.25) is 14.4 Å². The van der Waals surface area contributed by atoms with Gasteiger partial charge in [0.25, 0.3) is 5.91 Å². The third kappa shape index (κ3) is 6.01. The van der Waals surface area contributed by atoms with Crippen LogP contribution < -0.4 is 14.5 Å². The standard InChI is InChI=1S/C43H45N5O6/c1-28-38(42(2,3)31-16-20-33(52-4)21-17-31)37(22-23-46-27-35(44-45-46)39(49)30-10-6-5-7-11-30)54-43(28)34-12-8-9-13-36(34)48(40(43)50)26-29-14-18-32(19-15-29)47-24-25-53-41(47)51/h5-21,27-28,37-39,49H,22-26H2,1-4H3/t28-,37+,38-,39-,43+/m1/s1. The predicted molar refractivity (Wildman–Crippen MR) is 203 cm³/mol. The van der Waals surface area contributed by atoms with Crippen molar-refractivity contribution in [3.63, 3.8) is 0 Å².